The Bertz CT molecular complexity index is 685. The summed E-state index contributed by atoms with van der Waals surface area (Å²) in [5.74, 6) is -1.13. The number of likely N-dealkylation sites (N-methyl/N-ethyl adjacent to an activating group) is 1. The summed E-state index contributed by atoms with van der Waals surface area (Å²) in [6, 6.07) is 0. The van der Waals surface area contributed by atoms with Crippen molar-refractivity contribution in [2.45, 2.75) is 6.18 Å². The van der Waals surface area contributed by atoms with Crippen LogP contribution in [0.2, 0.25) is 0 Å². The first-order valence-electron chi connectivity index (χ1n) is 6.23. The van der Waals surface area contributed by atoms with E-state index in [1.807, 2.05) is 0 Å². The van der Waals surface area contributed by atoms with E-state index in [1.54, 1.807) is 0 Å². The van der Waals surface area contributed by atoms with E-state index in [1.165, 1.54) is 35.0 Å². The molecule has 1 N–H and O–H groups in total. The summed E-state index contributed by atoms with van der Waals surface area (Å²) in [5.41, 5.74) is 1.29. The van der Waals surface area contributed by atoms with E-state index in [0.717, 1.165) is 5.51 Å². The van der Waals surface area contributed by atoms with Gasteiger partial charge in [-0.15, -0.1) is 22.7 Å². The number of nitrogens with one attached hydrogen (secondary N) is 1. The van der Waals surface area contributed by atoms with E-state index in [2.05, 4.69) is 15.3 Å². The minimum absolute atomic E-state index is 0.0229. The predicted octanol–water partition coefficient (Wildman–Crippen LogP) is 2.12. The van der Waals surface area contributed by atoms with Gasteiger partial charge >= 0.3 is 6.18 Å². The number of aromatic nitrogens is 2. The molecule has 2 rings (SSSR count). The summed E-state index contributed by atoms with van der Waals surface area (Å²) in [5, 5.41) is 2.35. The Hall–Kier alpha value is -2.01. The van der Waals surface area contributed by atoms with Crippen LogP contribution in [-0.2, 0) is 6.18 Å². The first-order valence-corrected chi connectivity index (χ1v) is 7.99. The quantitative estimate of drug-likeness (QED) is 0.882. The number of rotatable bonds is 5. The lowest BCUT2D eigenvalue weighted by Crippen LogP contribution is -2.36. The van der Waals surface area contributed by atoms with Crippen molar-refractivity contribution in [1.82, 2.24) is 20.2 Å². The number of carbonyl (C=O) groups excluding carboxylic acids is 2. The third-order valence-electron chi connectivity index (χ3n) is 2.76. The minimum atomic E-state index is -4.67. The molecule has 0 aromatic carbocycles. The fourth-order valence-corrected chi connectivity index (χ4v) is 2.97. The molecule has 0 saturated carbocycles. The number of nitrogens with zero attached hydrogens (tertiary/aromatic N) is 3. The van der Waals surface area contributed by atoms with Gasteiger partial charge in [-0.25, -0.2) is 4.98 Å². The zero-order chi connectivity index (χ0) is 17.0. The minimum Gasteiger partial charge on any atom is -0.349 e. The fourth-order valence-electron chi connectivity index (χ4n) is 1.64. The number of thiazole rings is 2. The van der Waals surface area contributed by atoms with Gasteiger partial charge in [0.1, 0.15) is 9.75 Å². The van der Waals surface area contributed by atoms with Crippen LogP contribution in [0.4, 0.5) is 13.2 Å². The summed E-state index contributed by atoms with van der Waals surface area (Å²) < 4.78 is 38.0. The highest BCUT2D eigenvalue weighted by molar-refractivity contribution is 7.12. The summed E-state index contributed by atoms with van der Waals surface area (Å²) in [6.07, 6.45) is -3.25. The first-order chi connectivity index (χ1) is 10.8. The molecule has 0 atom stereocenters. The van der Waals surface area contributed by atoms with Crippen molar-refractivity contribution in [1.29, 1.82) is 0 Å². The van der Waals surface area contributed by atoms with E-state index in [4.69, 9.17) is 0 Å². The largest absolute Gasteiger partial charge is 0.434 e. The van der Waals surface area contributed by atoms with Crippen LogP contribution in [0, 0.1) is 0 Å². The van der Waals surface area contributed by atoms with Gasteiger partial charge in [-0.2, -0.15) is 13.2 Å². The average molecular weight is 364 g/mol. The van der Waals surface area contributed by atoms with Crippen LogP contribution in [0.5, 0.6) is 0 Å². The van der Waals surface area contributed by atoms with Crippen molar-refractivity contribution in [3.8, 4) is 0 Å². The van der Waals surface area contributed by atoms with Crippen LogP contribution in [-0.4, -0.2) is 46.8 Å². The van der Waals surface area contributed by atoms with Gasteiger partial charge in [-0.3, -0.25) is 14.6 Å². The molecule has 0 unspecified atom stereocenters. The topological polar surface area (TPSA) is 75.2 Å². The van der Waals surface area contributed by atoms with E-state index < -0.39 is 22.7 Å². The molecule has 2 heterocycles. The molecule has 0 aliphatic rings. The molecule has 2 aromatic heterocycles. The Morgan fingerprint density at radius 3 is 2.65 bits per heavy atom. The van der Waals surface area contributed by atoms with Gasteiger partial charge in [0.15, 0.2) is 5.69 Å². The molecule has 2 aromatic rings. The molecule has 23 heavy (non-hydrogen) atoms. The number of alkyl halides is 3. The Morgan fingerprint density at radius 1 is 1.30 bits per heavy atom. The lowest BCUT2D eigenvalue weighted by Gasteiger charge is -2.16. The number of halogens is 3. The summed E-state index contributed by atoms with van der Waals surface area (Å²) in [6.45, 7) is 0.178. The zero-order valence-electron chi connectivity index (χ0n) is 11.8. The van der Waals surface area contributed by atoms with Crippen molar-refractivity contribution < 1.29 is 22.8 Å². The van der Waals surface area contributed by atoms with Crippen LogP contribution in [0.3, 0.4) is 0 Å². The SMILES string of the molecule is CN(CCNC(=O)c1scnc1C(F)(F)F)C(=O)c1cncs1. The molecule has 0 bridgehead atoms. The van der Waals surface area contributed by atoms with E-state index in [9.17, 15) is 22.8 Å². The third kappa shape index (κ3) is 4.26. The Labute approximate surface area is 137 Å². The molecule has 0 radical (unpaired) electrons. The standard InChI is InChI=1S/C12H11F3N4O2S2/c1-19(11(21)7-4-16-5-22-7)3-2-17-10(20)8-9(12(13,14)15)18-6-23-8/h4-6H,2-3H2,1H3,(H,17,20). The van der Waals surface area contributed by atoms with Gasteiger partial charge in [0.25, 0.3) is 11.8 Å². The Balaban J connectivity index is 1.88. The normalized spacial score (nSPS) is 11.3. The van der Waals surface area contributed by atoms with Crippen LogP contribution < -0.4 is 5.32 Å². The lowest BCUT2D eigenvalue weighted by atomic mass is 10.3. The van der Waals surface area contributed by atoms with Crippen molar-refractivity contribution in [3.05, 3.63) is 32.7 Å². The second-order valence-corrected chi connectivity index (χ2v) is 6.12. The molecule has 0 aliphatic carbocycles. The molecular formula is C12H11F3N4O2S2. The zero-order valence-corrected chi connectivity index (χ0v) is 13.4. The van der Waals surface area contributed by atoms with Crippen molar-refractivity contribution in [3.63, 3.8) is 0 Å². The van der Waals surface area contributed by atoms with Crippen molar-refractivity contribution >= 4 is 34.5 Å². The van der Waals surface area contributed by atoms with Gasteiger partial charge in [-0.05, 0) is 0 Å². The number of amides is 2. The second kappa shape index (κ2) is 7.04. The summed E-state index contributed by atoms with van der Waals surface area (Å²) in [7, 11) is 1.53. The highest BCUT2D eigenvalue weighted by Crippen LogP contribution is 2.32. The fraction of sp³-hybridized carbons (Fsp3) is 0.333. The van der Waals surface area contributed by atoms with Gasteiger partial charge in [0.05, 0.1) is 17.2 Å². The molecule has 11 heteroatoms. The van der Waals surface area contributed by atoms with E-state index >= 15 is 0 Å². The molecule has 124 valence electrons. The maximum absolute atomic E-state index is 12.7. The molecule has 0 fully saturated rings. The highest BCUT2D eigenvalue weighted by Gasteiger charge is 2.38. The second-order valence-electron chi connectivity index (χ2n) is 4.38. The van der Waals surface area contributed by atoms with Crippen LogP contribution in [0.15, 0.2) is 17.2 Å². The van der Waals surface area contributed by atoms with Gasteiger partial charge in [0.2, 0.25) is 0 Å². The smallest absolute Gasteiger partial charge is 0.349 e. The molecule has 6 nitrogen and oxygen atoms in total. The van der Waals surface area contributed by atoms with E-state index in [0.29, 0.717) is 16.2 Å². The summed E-state index contributed by atoms with van der Waals surface area (Å²) in [4.78, 5) is 32.0. The lowest BCUT2D eigenvalue weighted by molar-refractivity contribution is -0.141. The first kappa shape index (κ1) is 17.3. The number of hydrogen-bond acceptors (Lipinski definition) is 6. The van der Waals surface area contributed by atoms with Gasteiger partial charge in [0, 0.05) is 20.1 Å². The van der Waals surface area contributed by atoms with Crippen LogP contribution in [0.25, 0.3) is 0 Å². The average Bonchev–Trinajstić information content (AvgIpc) is 3.16. The van der Waals surface area contributed by atoms with E-state index in [-0.39, 0.29) is 19.0 Å². The van der Waals surface area contributed by atoms with Gasteiger partial charge < -0.3 is 10.2 Å². The summed E-state index contributed by atoms with van der Waals surface area (Å²) >= 11 is 1.80. The Morgan fingerprint density at radius 2 is 2.04 bits per heavy atom. The number of hydrogen-bond donors (Lipinski definition) is 1. The number of carbonyl (C=O) groups is 2. The highest BCUT2D eigenvalue weighted by atomic mass is 32.1. The molecule has 0 aliphatic heterocycles. The Kier molecular flexibility index (Phi) is 5.31. The molecule has 0 saturated heterocycles. The van der Waals surface area contributed by atoms with Crippen molar-refractivity contribution in [2.75, 3.05) is 20.1 Å². The maximum atomic E-state index is 12.7. The monoisotopic (exact) mass is 364 g/mol. The molecule has 0 spiro atoms. The van der Waals surface area contributed by atoms with Crippen molar-refractivity contribution in [2.24, 2.45) is 0 Å². The third-order valence-corrected chi connectivity index (χ3v) is 4.35. The maximum Gasteiger partial charge on any atom is 0.434 e. The molecular weight excluding hydrogens is 353 g/mol. The van der Waals surface area contributed by atoms with Gasteiger partial charge in [-0.1, -0.05) is 0 Å². The van der Waals surface area contributed by atoms with Crippen LogP contribution in [0.1, 0.15) is 25.0 Å². The predicted molar refractivity (Wildman–Crippen MR) is 78.5 cm³/mol. The molecule has 2 amide bonds. The van der Waals surface area contributed by atoms with Crippen LogP contribution >= 0.6 is 22.7 Å².